The topological polar surface area (TPSA) is 339 Å². The second-order valence-electron chi connectivity index (χ2n) is 21.0. The summed E-state index contributed by atoms with van der Waals surface area (Å²) >= 11 is 12.0. The quantitative estimate of drug-likeness (QED) is 0.0157. The van der Waals surface area contributed by atoms with Crippen molar-refractivity contribution in [1.29, 1.82) is 0 Å². The molecule has 0 atom stereocenters. The zero-order chi connectivity index (χ0) is 94.5. The van der Waals surface area contributed by atoms with Gasteiger partial charge in [-0.2, -0.15) is 39.5 Å². The zero-order valence-electron chi connectivity index (χ0n) is 59.4. The molecule has 676 valence electrons. The van der Waals surface area contributed by atoms with Crippen LogP contribution in [0.25, 0.3) is 10.8 Å². The Balaban J connectivity index is -0.000000648. The van der Waals surface area contributed by atoms with Crippen LogP contribution in [0.2, 0.25) is 10.0 Å². The number of aryl methyl sites for hydroxylation is 1. The fraction of sp³-hybridized carbons (Fsp3) is 0.115. The standard InChI is InChI=1S/C18H12Cl2FS.C10H10O7S.C10H8O3S.C8H3BF6.C7H8O3S.C6BF5.CHF3O3S.CH4O3S.2BF3.F6P.2FH/c19-13-1-7-16(8-2-13)22(17-9-3-14(20)4-10-17)18-11-5-15(21)6-12-18;1-16-9(11)6-3-7(10(12)17-2)5-8(4-6)18(13,14)15;11-14(12,13)10-6-5-8-3-1-2-4-9(8)7-10;9-6-2-4(7(10,11)12)1-5(3-6)8(13,14)15;1-6-2-4-7(5-3-6)11(8,9)10;7-1-2(8)4(10)6(12)5(11)3(1)9;2-1(3,4)8(5,6)7;1-5(2,3)4;2*2-1(3)4;1-7(2,3,4,5)6;;/h1-12H;3-5H,1-2H3,(H,13,14,15);1-7H,(H,11,12,13);1-3H;2-5H,1H3,(H,8,9,10);;(H,5,6,7);1H3,(H,2,3,4);;;;2*1H/q+1;;;;;;;;;;-1;;/p-7. The van der Waals surface area contributed by atoms with Crippen LogP contribution in [-0.4, -0.2) is 134 Å². The minimum Gasteiger partial charge on any atom is -1.00 e. The van der Waals surface area contributed by atoms with E-state index in [2.05, 4.69) is 17.3 Å². The van der Waals surface area contributed by atoms with Crippen molar-refractivity contribution in [2.75, 3.05) is 20.5 Å². The van der Waals surface area contributed by atoms with Gasteiger partial charge in [0.1, 0.15) is 51.9 Å². The normalized spacial score (nSPS) is 11.7. The van der Waals surface area contributed by atoms with E-state index in [-0.39, 0.29) is 53.1 Å². The molecule has 0 unspecified atom stereocenters. The maximum atomic E-state index is 13.2. The van der Waals surface area contributed by atoms with Crippen molar-refractivity contribution >= 4 is 157 Å². The van der Waals surface area contributed by atoms with E-state index < -0.39 is 159 Å². The Labute approximate surface area is 686 Å². The number of rotatable bonds is 8. The fourth-order valence-corrected chi connectivity index (χ4v) is 10.8. The van der Waals surface area contributed by atoms with E-state index in [0.29, 0.717) is 28.4 Å². The minimum atomic E-state index is -10.7. The van der Waals surface area contributed by atoms with E-state index in [1.54, 1.807) is 30.3 Å². The number of hydrogen-bond acceptors (Lipinski definition) is 19. The Morgan fingerprint density at radius 2 is 0.705 bits per heavy atom. The molecule has 0 aliphatic carbocycles. The Morgan fingerprint density at radius 1 is 0.426 bits per heavy atom. The van der Waals surface area contributed by atoms with Gasteiger partial charge in [-0.1, -0.05) is 88.8 Å². The molecule has 4 radical (unpaired) electrons. The summed E-state index contributed by atoms with van der Waals surface area (Å²) in [6.45, 7) is 1.82. The van der Waals surface area contributed by atoms with Crippen LogP contribution in [0.4, 0.5) is 117 Å². The van der Waals surface area contributed by atoms with Gasteiger partial charge >= 0.3 is 77.9 Å². The molecule has 0 aliphatic rings. The fourth-order valence-electron chi connectivity index (χ4n) is 6.96. The van der Waals surface area contributed by atoms with Crippen molar-refractivity contribution in [2.45, 2.75) is 54.2 Å². The number of hydrogen-bond donors (Lipinski definition) is 0. The molecular formula is C61H41B4Cl2F29O19PS6-7. The summed E-state index contributed by atoms with van der Waals surface area (Å²) in [5.41, 5.74) is -9.93. The molecule has 61 heteroatoms. The molecule has 0 amide bonds. The Morgan fingerprint density at radius 3 is 0.984 bits per heavy atom. The van der Waals surface area contributed by atoms with Gasteiger partial charge in [-0.3, -0.25) is 25.9 Å². The molecule has 122 heavy (non-hydrogen) atoms. The van der Waals surface area contributed by atoms with Crippen LogP contribution in [0, 0.1) is 41.8 Å². The number of fused-ring (bicyclic) bond motifs is 1. The minimum absolute atomic E-state index is 0. The molecule has 0 fully saturated rings. The summed E-state index contributed by atoms with van der Waals surface area (Å²) < 4.78 is 455. The molecule has 0 N–H and O–H groups in total. The van der Waals surface area contributed by atoms with E-state index in [0.717, 1.165) is 63.4 Å². The van der Waals surface area contributed by atoms with Crippen LogP contribution in [-0.2, 0) is 83.3 Å². The molecule has 0 heterocycles. The Bertz CT molecular complexity index is 5200. The van der Waals surface area contributed by atoms with E-state index in [1.165, 1.54) is 36.4 Å². The summed E-state index contributed by atoms with van der Waals surface area (Å²) in [6.07, 6.45) is -9.07. The largest absolute Gasteiger partial charge is 1.00 e. The SMILES string of the molecule is COC(=O)c1cc(C(=O)OC)cc(S(=O)(=O)[O-])c1.CS(=O)(=O)[O-].Cc1ccc(S(=O)(=O)[O-])cc1.FB(F)F.FB(F)F.F[P-](F)(F)(F)(F)F.Fc1ccc([S+](c2ccc(Cl)cc2)c2ccc(Cl)cc2)cc1.O=S(=O)([O-])C(F)(F)F.O=S(=O)([O-])c1ccc2ccccc2c1.[B]c1c(F)c(F)c(F)c(F)c1F.[B]c1cc(C(F)(F)F)cc(C(F)(F)F)c1.[F-].[F-]. The van der Waals surface area contributed by atoms with Gasteiger partial charge in [0.05, 0.1) is 72.2 Å². The first-order valence-electron chi connectivity index (χ1n) is 29.1. The molecule has 9 rings (SSSR count). The molecule has 0 bridgehead atoms. The number of methoxy groups -OCH3 is 2. The number of carbonyl (C=O) groups is 2. The van der Waals surface area contributed by atoms with E-state index >= 15 is 0 Å². The smallest absolute Gasteiger partial charge is 0.485 e. The van der Waals surface area contributed by atoms with Gasteiger partial charge in [0.15, 0.2) is 53.9 Å². The molecule has 9 aromatic carbocycles. The third-order valence-electron chi connectivity index (χ3n) is 11.6. The van der Waals surface area contributed by atoms with Crippen molar-refractivity contribution in [3.63, 3.8) is 0 Å². The number of halogens is 31. The molecule has 0 spiro atoms. The van der Waals surface area contributed by atoms with E-state index in [1.807, 2.05) is 79.7 Å². The molecule has 9 aromatic rings. The van der Waals surface area contributed by atoms with Gasteiger partial charge in [-0.05, 0) is 144 Å². The molecule has 0 saturated heterocycles. The van der Waals surface area contributed by atoms with Gasteiger partial charge in [0, 0.05) is 16.3 Å². The van der Waals surface area contributed by atoms with Crippen molar-refractivity contribution in [3.8, 4) is 0 Å². The van der Waals surface area contributed by atoms with Gasteiger partial charge in [-0.25, -0.2) is 78.0 Å². The second-order valence-corrected chi connectivity index (χ2v) is 32.7. The van der Waals surface area contributed by atoms with Gasteiger partial charge < -0.3 is 41.6 Å². The third-order valence-corrected chi connectivity index (χ3v) is 17.4. The van der Waals surface area contributed by atoms with Gasteiger partial charge in [0.2, 0.25) is 0 Å². The van der Waals surface area contributed by atoms with Gasteiger partial charge in [-0.15, -0.1) is 0 Å². The average molecular weight is 1970 g/mol. The molecule has 0 aromatic heterocycles. The van der Waals surface area contributed by atoms with Crippen LogP contribution in [0.15, 0.2) is 205 Å². The summed E-state index contributed by atoms with van der Waals surface area (Å²) in [5.74, 6) is -12.3. The maximum Gasteiger partial charge on any atom is 0.485 e. The Hall–Kier alpha value is -8.68. The number of alkyl halides is 9. The molecular weight excluding hydrogens is 1930 g/mol. The molecule has 0 aliphatic heterocycles. The van der Waals surface area contributed by atoms with Crippen LogP contribution in [0.5, 0.6) is 0 Å². The number of carbonyl (C=O) groups excluding carboxylic acids is 2. The summed E-state index contributed by atoms with van der Waals surface area (Å²) in [5, 5.41) is 3.06. The first kappa shape index (κ1) is 120. The summed E-state index contributed by atoms with van der Waals surface area (Å²) in [7, 11) is -30.1. The maximum absolute atomic E-state index is 13.2. The van der Waals surface area contributed by atoms with Crippen LogP contribution >= 0.6 is 31.0 Å². The first-order chi connectivity index (χ1) is 53.7. The first-order valence-corrected chi connectivity index (χ1v) is 40.6. The van der Waals surface area contributed by atoms with Crippen LogP contribution in [0.1, 0.15) is 37.4 Å². The second kappa shape index (κ2) is 48.5. The number of esters is 2. The number of ether oxygens (including phenoxy) is 2. The summed E-state index contributed by atoms with van der Waals surface area (Å²) in [6, 6.07) is 43.2. The van der Waals surface area contributed by atoms with Crippen LogP contribution < -0.4 is 20.3 Å². The van der Waals surface area contributed by atoms with Gasteiger partial charge in [0.25, 0.3) is 0 Å². The monoisotopic (exact) mass is 1960 g/mol. The third kappa shape index (κ3) is 51.4. The summed E-state index contributed by atoms with van der Waals surface area (Å²) in [4.78, 5) is 24.8. The zero-order valence-corrected chi connectivity index (χ0v) is 66.7. The number of benzene rings is 9. The molecule has 19 nitrogen and oxygen atoms in total. The van der Waals surface area contributed by atoms with Crippen molar-refractivity contribution in [3.05, 3.63) is 249 Å². The van der Waals surface area contributed by atoms with Crippen molar-refractivity contribution in [2.24, 2.45) is 0 Å². The van der Waals surface area contributed by atoms with Crippen molar-refractivity contribution in [1.82, 2.24) is 0 Å². The van der Waals surface area contributed by atoms with Crippen LogP contribution in [0.3, 0.4) is 0 Å². The Kier molecular flexibility index (Phi) is 47.6. The van der Waals surface area contributed by atoms with E-state index in [9.17, 15) is 165 Å². The predicted octanol–water partition coefficient (Wildman–Crippen LogP) is 11.1. The molecule has 0 saturated carbocycles. The average Bonchev–Trinajstić information content (AvgIpc) is 0.789. The predicted molar refractivity (Wildman–Crippen MR) is 376 cm³/mol. The van der Waals surface area contributed by atoms with E-state index in [4.69, 9.17) is 57.0 Å². The van der Waals surface area contributed by atoms with Crippen molar-refractivity contribution < 1.29 is 210 Å².